The summed E-state index contributed by atoms with van der Waals surface area (Å²) >= 11 is 3.12. The number of carboxylic acids is 1. The van der Waals surface area contributed by atoms with Crippen LogP contribution in [0.2, 0.25) is 0 Å². The number of aromatic nitrogens is 2. The van der Waals surface area contributed by atoms with Crippen LogP contribution in [0.4, 0.5) is 4.39 Å². The van der Waals surface area contributed by atoms with Crippen molar-refractivity contribution in [3.8, 4) is 11.4 Å². The molecule has 0 saturated heterocycles. The van der Waals surface area contributed by atoms with Gasteiger partial charge < -0.3 is 5.11 Å². The van der Waals surface area contributed by atoms with Crippen molar-refractivity contribution in [2.24, 2.45) is 0 Å². The third-order valence-electron chi connectivity index (χ3n) is 3.19. The Kier molecular flexibility index (Phi) is 3.25. The standard InChI is InChI=1S/C14H10BrFN2O2/c15-10-5-8(3-4-11(10)16)13-17-6-9(14(19)20)12(18-13)7-1-2-7/h3-7H,1-2H2,(H,19,20). The van der Waals surface area contributed by atoms with Crippen molar-refractivity contribution in [2.45, 2.75) is 18.8 Å². The predicted octanol–water partition coefficient (Wildman–Crippen LogP) is 3.62. The van der Waals surface area contributed by atoms with Gasteiger partial charge in [0.1, 0.15) is 5.82 Å². The van der Waals surface area contributed by atoms with E-state index in [9.17, 15) is 9.18 Å². The van der Waals surface area contributed by atoms with Crippen LogP contribution in [-0.2, 0) is 0 Å². The summed E-state index contributed by atoms with van der Waals surface area (Å²) in [4.78, 5) is 19.6. The molecule has 0 amide bonds. The van der Waals surface area contributed by atoms with Crippen molar-refractivity contribution >= 4 is 21.9 Å². The molecule has 1 fully saturated rings. The summed E-state index contributed by atoms with van der Waals surface area (Å²) in [5.41, 5.74) is 1.37. The van der Waals surface area contributed by atoms with Crippen molar-refractivity contribution in [2.75, 3.05) is 0 Å². The molecule has 0 spiro atoms. The fourth-order valence-electron chi connectivity index (χ4n) is 2.00. The number of carboxylic acid groups (broad SMARTS) is 1. The molecule has 1 aromatic carbocycles. The van der Waals surface area contributed by atoms with E-state index in [4.69, 9.17) is 5.11 Å². The zero-order valence-corrected chi connectivity index (χ0v) is 11.9. The first-order valence-corrected chi connectivity index (χ1v) is 6.91. The quantitative estimate of drug-likeness (QED) is 0.929. The molecule has 1 saturated carbocycles. The van der Waals surface area contributed by atoms with Crippen LogP contribution in [0.3, 0.4) is 0 Å². The van der Waals surface area contributed by atoms with Gasteiger partial charge in [0, 0.05) is 17.7 Å². The van der Waals surface area contributed by atoms with E-state index in [1.54, 1.807) is 12.1 Å². The van der Waals surface area contributed by atoms with E-state index in [0.29, 0.717) is 21.6 Å². The lowest BCUT2D eigenvalue weighted by Gasteiger charge is -2.07. The topological polar surface area (TPSA) is 63.1 Å². The van der Waals surface area contributed by atoms with Crippen LogP contribution < -0.4 is 0 Å². The van der Waals surface area contributed by atoms with Gasteiger partial charge in [-0.25, -0.2) is 19.2 Å². The molecule has 102 valence electrons. The highest BCUT2D eigenvalue weighted by molar-refractivity contribution is 9.10. The zero-order valence-electron chi connectivity index (χ0n) is 10.3. The highest BCUT2D eigenvalue weighted by Gasteiger charge is 2.30. The Morgan fingerprint density at radius 2 is 2.15 bits per heavy atom. The highest BCUT2D eigenvalue weighted by Crippen LogP contribution is 2.41. The van der Waals surface area contributed by atoms with Gasteiger partial charge in [0.05, 0.1) is 15.7 Å². The minimum Gasteiger partial charge on any atom is -0.478 e. The molecular weight excluding hydrogens is 327 g/mol. The largest absolute Gasteiger partial charge is 0.478 e. The lowest BCUT2D eigenvalue weighted by atomic mass is 10.1. The summed E-state index contributed by atoms with van der Waals surface area (Å²) in [7, 11) is 0. The molecule has 6 heteroatoms. The van der Waals surface area contributed by atoms with Crippen LogP contribution in [0.5, 0.6) is 0 Å². The van der Waals surface area contributed by atoms with Gasteiger partial charge in [-0.05, 0) is 47.0 Å². The molecule has 20 heavy (non-hydrogen) atoms. The van der Waals surface area contributed by atoms with Crippen molar-refractivity contribution in [3.05, 3.63) is 45.9 Å². The first kappa shape index (κ1) is 13.2. The second-order valence-corrected chi connectivity index (χ2v) is 5.56. The van der Waals surface area contributed by atoms with Gasteiger partial charge in [0.15, 0.2) is 5.82 Å². The summed E-state index contributed by atoms with van der Waals surface area (Å²) in [5.74, 6) is -0.763. The lowest BCUT2D eigenvalue weighted by molar-refractivity contribution is 0.0694. The summed E-state index contributed by atoms with van der Waals surface area (Å²) in [6.07, 6.45) is 3.23. The molecular formula is C14H10BrFN2O2. The van der Waals surface area contributed by atoms with Gasteiger partial charge in [-0.15, -0.1) is 0 Å². The molecule has 1 aromatic heterocycles. The maximum atomic E-state index is 13.2. The van der Waals surface area contributed by atoms with Gasteiger partial charge in [-0.3, -0.25) is 0 Å². The van der Waals surface area contributed by atoms with Gasteiger partial charge >= 0.3 is 5.97 Å². The van der Waals surface area contributed by atoms with Gasteiger partial charge in [0.2, 0.25) is 0 Å². The fourth-order valence-corrected chi connectivity index (χ4v) is 2.38. The second-order valence-electron chi connectivity index (χ2n) is 4.70. The third-order valence-corrected chi connectivity index (χ3v) is 3.80. The van der Waals surface area contributed by atoms with Crippen LogP contribution in [0.15, 0.2) is 28.9 Å². The maximum absolute atomic E-state index is 13.2. The zero-order chi connectivity index (χ0) is 14.3. The molecule has 2 aromatic rings. The van der Waals surface area contributed by atoms with Crippen molar-refractivity contribution in [3.63, 3.8) is 0 Å². The van der Waals surface area contributed by atoms with Crippen LogP contribution in [0.25, 0.3) is 11.4 Å². The number of benzene rings is 1. The molecule has 0 atom stereocenters. The third kappa shape index (κ3) is 2.43. The molecule has 0 aliphatic heterocycles. The van der Waals surface area contributed by atoms with Crippen LogP contribution in [-0.4, -0.2) is 21.0 Å². The van der Waals surface area contributed by atoms with Gasteiger partial charge in [-0.2, -0.15) is 0 Å². The van der Waals surface area contributed by atoms with Crippen LogP contribution in [0.1, 0.15) is 34.8 Å². The number of aromatic carboxylic acids is 1. The van der Waals surface area contributed by atoms with Gasteiger partial charge in [0.25, 0.3) is 0 Å². The Bertz CT molecular complexity index is 702. The highest BCUT2D eigenvalue weighted by atomic mass is 79.9. The van der Waals surface area contributed by atoms with E-state index in [0.717, 1.165) is 12.8 Å². The number of carbonyl (C=O) groups is 1. The van der Waals surface area contributed by atoms with Crippen LogP contribution in [0, 0.1) is 5.82 Å². The minimum atomic E-state index is -1.02. The molecule has 0 bridgehead atoms. The molecule has 1 N–H and O–H groups in total. The average molecular weight is 337 g/mol. The fraction of sp³-hybridized carbons (Fsp3) is 0.214. The average Bonchev–Trinajstić information content (AvgIpc) is 3.25. The maximum Gasteiger partial charge on any atom is 0.339 e. The molecule has 1 aliphatic rings. The molecule has 0 radical (unpaired) electrons. The Balaban J connectivity index is 2.08. The normalized spacial score (nSPS) is 14.3. The van der Waals surface area contributed by atoms with Crippen molar-refractivity contribution < 1.29 is 14.3 Å². The van der Waals surface area contributed by atoms with E-state index in [2.05, 4.69) is 25.9 Å². The Morgan fingerprint density at radius 1 is 1.40 bits per heavy atom. The van der Waals surface area contributed by atoms with E-state index in [-0.39, 0.29) is 17.3 Å². The van der Waals surface area contributed by atoms with Crippen molar-refractivity contribution in [1.29, 1.82) is 0 Å². The first-order valence-electron chi connectivity index (χ1n) is 6.12. The number of hydrogen-bond acceptors (Lipinski definition) is 3. The number of hydrogen-bond donors (Lipinski definition) is 1. The first-order chi connectivity index (χ1) is 9.56. The lowest BCUT2D eigenvalue weighted by Crippen LogP contribution is -2.06. The number of halogens is 2. The summed E-state index contributed by atoms with van der Waals surface area (Å²) in [6.45, 7) is 0. The van der Waals surface area contributed by atoms with E-state index < -0.39 is 5.97 Å². The van der Waals surface area contributed by atoms with Crippen molar-refractivity contribution in [1.82, 2.24) is 9.97 Å². The SMILES string of the molecule is O=C(O)c1cnc(-c2ccc(F)c(Br)c2)nc1C1CC1. The Labute approximate surface area is 122 Å². The monoisotopic (exact) mass is 336 g/mol. The summed E-state index contributed by atoms with van der Waals surface area (Å²) < 4.78 is 13.6. The predicted molar refractivity (Wildman–Crippen MR) is 74.1 cm³/mol. The number of rotatable bonds is 3. The molecule has 1 heterocycles. The molecule has 0 unspecified atom stereocenters. The Morgan fingerprint density at radius 3 is 2.75 bits per heavy atom. The smallest absolute Gasteiger partial charge is 0.339 e. The Hall–Kier alpha value is -1.82. The van der Waals surface area contributed by atoms with E-state index >= 15 is 0 Å². The van der Waals surface area contributed by atoms with Gasteiger partial charge in [-0.1, -0.05) is 0 Å². The second kappa shape index (κ2) is 4.94. The summed E-state index contributed by atoms with van der Waals surface area (Å²) in [5, 5.41) is 9.15. The number of nitrogens with zero attached hydrogens (tertiary/aromatic N) is 2. The van der Waals surface area contributed by atoms with E-state index in [1.807, 2.05) is 0 Å². The summed E-state index contributed by atoms with van der Waals surface area (Å²) in [6, 6.07) is 4.49. The van der Waals surface area contributed by atoms with Crippen LogP contribution >= 0.6 is 15.9 Å². The molecule has 3 rings (SSSR count). The van der Waals surface area contributed by atoms with E-state index in [1.165, 1.54) is 12.3 Å². The molecule has 4 nitrogen and oxygen atoms in total. The molecule has 1 aliphatic carbocycles. The minimum absolute atomic E-state index is 0.150.